The van der Waals surface area contributed by atoms with Crippen molar-refractivity contribution in [2.24, 2.45) is 0 Å². The minimum absolute atomic E-state index is 0.0121. The molecule has 0 radical (unpaired) electrons. The van der Waals surface area contributed by atoms with Crippen LogP contribution in [0.3, 0.4) is 0 Å². The average Bonchev–Trinajstić information content (AvgIpc) is 3.05. The molecule has 10 heteroatoms. The topological polar surface area (TPSA) is 98.8 Å². The Hall–Kier alpha value is -2.49. The smallest absolute Gasteiger partial charge is 0.381 e. The number of rotatable bonds is 4. The number of nitrogens with two attached hydrogens (primary N) is 1. The van der Waals surface area contributed by atoms with Gasteiger partial charge in [-0.3, -0.25) is 0 Å². The van der Waals surface area contributed by atoms with Crippen molar-refractivity contribution in [3.63, 3.8) is 0 Å². The van der Waals surface area contributed by atoms with Crippen LogP contribution in [0.2, 0.25) is 0 Å². The zero-order valence-electron chi connectivity index (χ0n) is 13.5. The first-order chi connectivity index (χ1) is 11.8. The second-order valence-corrected chi connectivity index (χ2v) is 5.76. The van der Waals surface area contributed by atoms with Gasteiger partial charge in [0.15, 0.2) is 0 Å². The summed E-state index contributed by atoms with van der Waals surface area (Å²) in [5.74, 6) is 0.661. The molecular formula is C15H17F3N6O. The molecule has 0 aromatic carbocycles. The number of aromatic nitrogens is 4. The molecule has 0 amide bonds. The molecule has 3 N–H and O–H groups in total. The van der Waals surface area contributed by atoms with Gasteiger partial charge in [-0.05, 0) is 19.4 Å². The average molecular weight is 354 g/mol. The molecule has 134 valence electrons. The highest BCUT2D eigenvalue weighted by atomic mass is 19.4. The van der Waals surface area contributed by atoms with Crippen molar-refractivity contribution in [2.45, 2.75) is 32.0 Å². The van der Waals surface area contributed by atoms with Crippen molar-refractivity contribution in [2.75, 3.05) is 24.3 Å². The van der Waals surface area contributed by atoms with Crippen LogP contribution in [0, 0.1) is 6.92 Å². The Kier molecular flexibility index (Phi) is 4.71. The zero-order valence-corrected chi connectivity index (χ0v) is 13.5. The van der Waals surface area contributed by atoms with Crippen molar-refractivity contribution in [1.82, 2.24) is 19.9 Å². The number of hydrogen-bond acceptors (Lipinski definition) is 7. The Bertz CT molecular complexity index is 761. The fourth-order valence-electron chi connectivity index (χ4n) is 2.58. The lowest BCUT2D eigenvalue weighted by molar-refractivity contribution is -0.141. The maximum Gasteiger partial charge on any atom is 0.433 e. The van der Waals surface area contributed by atoms with Crippen LogP contribution in [0.5, 0.6) is 0 Å². The molecule has 2 aromatic heterocycles. The van der Waals surface area contributed by atoms with Crippen molar-refractivity contribution in [1.29, 1.82) is 0 Å². The first-order valence-electron chi connectivity index (χ1n) is 7.69. The Balaban J connectivity index is 1.76. The molecule has 1 aliphatic heterocycles. The highest BCUT2D eigenvalue weighted by molar-refractivity contribution is 5.41. The van der Waals surface area contributed by atoms with Gasteiger partial charge < -0.3 is 15.8 Å². The summed E-state index contributed by atoms with van der Waals surface area (Å²) >= 11 is 0. The van der Waals surface area contributed by atoms with Gasteiger partial charge in [-0.1, -0.05) is 0 Å². The van der Waals surface area contributed by atoms with Crippen molar-refractivity contribution >= 4 is 11.8 Å². The predicted octanol–water partition coefficient (Wildman–Crippen LogP) is 2.29. The van der Waals surface area contributed by atoms with E-state index in [0.29, 0.717) is 19.0 Å². The number of alkyl halides is 3. The Morgan fingerprint density at radius 3 is 2.72 bits per heavy atom. The van der Waals surface area contributed by atoms with Crippen molar-refractivity contribution < 1.29 is 17.9 Å². The molecule has 1 aliphatic rings. The van der Waals surface area contributed by atoms with Crippen LogP contribution in [0.1, 0.15) is 35.2 Å². The summed E-state index contributed by atoms with van der Waals surface area (Å²) in [4.78, 5) is 15.8. The molecule has 1 fully saturated rings. The largest absolute Gasteiger partial charge is 0.433 e. The molecule has 0 spiro atoms. The van der Waals surface area contributed by atoms with Gasteiger partial charge in [-0.15, -0.1) is 0 Å². The van der Waals surface area contributed by atoms with Crippen LogP contribution in [0.4, 0.5) is 24.9 Å². The number of anilines is 2. The number of ether oxygens (including phenoxy) is 1. The summed E-state index contributed by atoms with van der Waals surface area (Å²) in [5, 5.41) is 2.91. The van der Waals surface area contributed by atoms with Crippen molar-refractivity contribution in [3.05, 3.63) is 35.0 Å². The van der Waals surface area contributed by atoms with Gasteiger partial charge in [-0.2, -0.15) is 18.2 Å². The van der Waals surface area contributed by atoms with Crippen LogP contribution in [-0.2, 0) is 17.5 Å². The second kappa shape index (κ2) is 6.79. The van der Waals surface area contributed by atoms with Gasteiger partial charge in [0.2, 0.25) is 5.95 Å². The van der Waals surface area contributed by atoms with Gasteiger partial charge >= 0.3 is 6.18 Å². The van der Waals surface area contributed by atoms with E-state index in [1.165, 1.54) is 6.92 Å². The summed E-state index contributed by atoms with van der Waals surface area (Å²) in [6.07, 6.45) is -3.68. The molecule has 0 unspecified atom stereocenters. The lowest BCUT2D eigenvalue weighted by Crippen LogP contribution is -2.14. The molecule has 2 aromatic rings. The van der Waals surface area contributed by atoms with Gasteiger partial charge in [0.05, 0.1) is 18.8 Å². The zero-order chi connectivity index (χ0) is 18.0. The predicted molar refractivity (Wildman–Crippen MR) is 83.7 cm³/mol. The number of aryl methyl sites for hydroxylation is 1. The molecular weight excluding hydrogens is 337 g/mol. The van der Waals surface area contributed by atoms with Crippen LogP contribution in [0.15, 0.2) is 12.1 Å². The van der Waals surface area contributed by atoms with Crippen molar-refractivity contribution in [3.8, 4) is 0 Å². The first kappa shape index (κ1) is 17.3. The van der Waals surface area contributed by atoms with E-state index < -0.39 is 11.9 Å². The molecule has 3 heterocycles. The molecule has 0 aliphatic carbocycles. The number of nitrogens with one attached hydrogen (secondary N) is 1. The van der Waals surface area contributed by atoms with Gasteiger partial charge in [0.25, 0.3) is 0 Å². The lowest BCUT2D eigenvalue weighted by Gasteiger charge is -2.12. The normalized spacial score (nSPS) is 17.7. The summed E-state index contributed by atoms with van der Waals surface area (Å²) in [7, 11) is 0. The second-order valence-electron chi connectivity index (χ2n) is 5.76. The van der Waals surface area contributed by atoms with Crippen LogP contribution < -0.4 is 11.1 Å². The molecule has 0 saturated carbocycles. The van der Waals surface area contributed by atoms with E-state index in [9.17, 15) is 13.2 Å². The van der Waals surface area contributed by atoms with E-state index in [4.69, 9.17) is 10.5 Å². The van der Waals surface area contributed by atoms with E-state index in [1.54, 1.807) is 6.07 Å². The standard InChI is InChI=1S/C15H17F3N6O/c1-8-4-11(15(16,17)18)23-13(21-8)6-20-12-5-10(22-14(19)24-12)9-2-3-25-7-9/h4-5,9H,2-3,6-7H2,1H3,(H3,19,20,22,24)/t9-/m1/s1. The first-order valence-corrected chi connectivity index (χ1v) is 7.69. The fraction of sp³-hybridized carbons (Fsp3) is 0.467. The van der Waals surface area contributed by atoms with Gasteiger partial charge in [0.1, 0.15) is 17.3 Å². The Morgan fingerprint density at radius 1 is 1.24 bits per heavy atom. The number of hydrogen-bond donors (Lipinski definition) is 2. The number of nitrogen functional groups attached to an aromatic ring is 1. The minimum atomic E-state index is -4.52. The van der Waals surface area contributed by atoms with E-state index in [-0.39, 0.29) is 29.9 Å². The number of halogens is 3. The monoisotopic (exact) mass is 354 g/mol. The third-order valence-electron chi connectivity index (χ3n) is 3.73. The molecule has 1 atom stereocenters. The van der Waals surface area contributed by atoms with E-state index >= 15 is 0 Å². The Morgan fingerprint density at radius 2 is 2.04 bits per heavy atom. The lowest BCUT2D eigenvalue weighted by atomic mass is 10.0. The number of nitrogens with zero attached hydrogens (tertiary/aromatic N) is 4. The third kappa shape index (κ3) is 4.32. The van der Waals surface area contributed by atoms with Gasteiger partial charge in [0, 0.05) is 24.3 Å². The van der Waals surface area contributed by atoms with Crippen LogP contribution in [0.25, 0.3) is 0 Å². The molecule has 3 rings (SSSR count). The SMILES string of the molecule is Cc1cc(C(F)(F)F)nc(CNc2cc([C@@H]3CCOC3)nc(N)n2)n1. The maximum atomic E-state index is 12.8. The Labute approximate surface area is 141 Å². The highest BCUT2D eigenvalue weighted by Gasteiger charge is 2.33. The van der Waals surface area contributed by atoms with Crippen LogP contribution >= 0.6 is 0 Å². The maximum absolute atomic E-state index is 12.8. The third-order valence-corrected chi connectivity index (χ3v) is 3.73. The van der Waals surface area contributed by atoms with Gasteiger partial charge in [-0.25, -0.2) is 15.0 Å². The van der Waals surface area contributed by atoms with Crippen LogP contribution in [-0.4, -0.2) is 33.1 Å². The summed E-state index contributed by atoms with van der Waals surface area (Å²) in [6.45, 7) is 2.70. The molecule has 25 heavy (non-hydrogen) atoms. The molecule has 1 saturated heterocycles. The molecule has 0 bridgehead atoms. The molecule has 7 nitrogen and oxygen atoms in total. The van der Waals surface area contributed by atoms with E-state index in [2.05, 4.69) is 25.3 Å². The highest BCUT2D eigenvalue weighted by Crippen LogP contribution is 2.28. The summed E-state index contributed by atoms with van der Waals surface area (Å²) < 4.78 is 43.8. The van der Waals surface area contributed by atoms with E-state index in [0.717, 1.165) is 18.2 Å². The summed E-state index contributed by atoms with van der Waals surface area (Å²) in [6, 6.07) is 2.63. The quantitative estimate of drug-likeness (QED) is 0.869. The minimum Gasteiger partial charge on any atom is -0.381 e. The summed E-state index contributed by atoms with van der Waals surface area (Å²) in [5.41, 5.74) is 5.73. The van der Waals surface area contributed by atoms with E-state index in [1.807, 2.05) is 0 Å². The fourth-order valence-corrected chi connectivity index (χ4v) is 2.58.